The van der Waals surface area contributed by atoms with Crippen LogP contribution >= 0.6 is 27.3 Å². The summed E-state index contributed by atoms with van der Waals surface area (Å²) in [5.41, 5.74) is 2.65. The number of rotatable bonds is 4. The molecule has 0 radical (unpaired) electrons. The zero-order valence-corrected chi connectivity index (χ0v) is 18.3. The van der Waals surface area contributed by atoms with Gasteiger partial charge in [-0.15, -0.1) is 11.3 Å². The molecule has 148 valence electrons. The van der Waals surface area contributed by atoms with E-state index >= 15 is 0 Å². The second-order valence-corrected chi connectivity index (χ2v) is 8.90. The molecule has 0 saturated heterocycles. The van der Waals surface area contributed by atoms with E-state index in [0.29, 0.717) is 17.1 Å². The minimum absolute atomic E-state index is 0.120. The fraction of sp³-hybridized carbons (Fsp3) is 0.0909. The molecule has 5 aromatic rings. The molecule has 0 fully saturated rings. The number of benzene rings is 2. The first kappa shape index (κ1) is 18.9. The van der Waals surface area contributed by atoms with Gasteiger partial charge in [0.05, 0.1) is 11.7 Å². The van der Waals surface area contributed by atoms with Crippen LogP contribution in [0.2, 0.25) is 0 Å². The lowest BCUT2D eigenvalue weighted by Crippen LogP contribution is -2.21. The van der Waals surface area contributed by atoms with Gasteiger partial charge in [0, 0.05) is 20.5 Å². The Morgan fingerprint density at radius 3 is 2.70 bits per heavy atom. The Kier molecular flexibility index (Phi) is 4.80. The molecule has 0 aliphatic heterocycles. The van der Waals surface area contributed by atoms with Crippen LogP contribution in [0.25, 0.3) is 32.7 Å². The molecule has 0 N–H and O–H groups in total. The van der Waals surface area contributed by atoms with Crippen LogP contribution in [-0.2, 0) is 6.54 Å². The summed E-state index contributed by atoms with van der Waals surface area (Å²) in [5, 5.41) is 4.67. The molecule has 0 spiro atoms. The maximum absolute atomic E-state index is 13.3. The summed E-state index contributed by atoms with van der Waals surface area (Å²) in [6.07, 6.45) is 1.54. The third-order valence-corrected chi connectivity index (χ3v) is 6.28. The molecule has 6 nitrogen and oxygen atoms in total. The highest BCUT2D eigenvalue weighted by Crippen LogP contribution is 2.35. The summed E-state index contributed by atoms with van der Waals surface area (Å²) < 4.78 is 7.83. The van der Waals surface area contributed by atoms with Gasteiger partial charge in [0.1, 0.15) is 11.4 Å². The maximum atomic E-state index is 13.3. The number of nitrogens with zero attached hydrogens (tertiary/aromatic N) is 4. The van der Waals surface area contributed by atoms with Crippen LogP contribution in [0.5, 0.6) is 0 Å². The SMILES string of the molecule is Cc1sc2ncn(Cc3nc(-c4cccc(Br)c4)no3)c(=O)c2c1-c1ccccc1. The molecule has 0 bridgehead atoms. The summed E-state index contributed by atoms with van der Waals surface area (Å²) in [6, 6.07) is 17.6. The van der Waals surface area contributed by atoms with Crippen molar-refractivity contribution in [1.29, 1.82) is 0 Å². The number of hydrogen-bond donors (Lipinski definition) is 0. The van der Waals surface area contributed by atoms with Crippen LogP contribution in [0, 0.1) is 6.92 Å². The monoisotopic (exact) mass is 478 g/mol. The second-order valence-electron chi connectivity index (χ2n) is 6.78. The first-order chi connectivity index (χ1) is 14.6. The number of aromatic nitrogens is 4. The van der Waals surface area contributed by atoms with Gasteiger partial charge in [-0.05, 0) is 24.6 Å². The van der Waals surface area contributed by atoms with E-state index < -0.39 is 0 Å². The van der Waals surface area contributed by atoms with Crippen LogP contribution in [0.1, 0.15) is 10.8 Å². The van der Waals surface area contributed by atoms with Crippen LogP contribution < -0.4 is 5.56 Å². The quantitative estimate of drug-likeness (QED) is 0.350. The van der Waals surface area contributed by atoms with E-state index in [1.807, 2.05) is 61.5 Å². The van der Waals surface area contributed by atoms with Crippen LogP contribution in [0.3, 0.4) is 0 Å². The van der Waals surface area contributed by atoms with Gasteiger partial charge in [-0.2, -0.15) is 4.98 Å². The van der Waals surface area contributed by atoms with E-state index in [1.165, 1.54) is 15.9 Å². The minimum atomic E-state index is -0.120. The maximum Gasteiger partial charge on any atom is 0.263 e. The molecule has 0 aliphatic carbocycles. The highest BCUT2D eigenvalue weighted by atomic mass is 79.9. The van der Waals surface area contributed by atoms with Gasteiger partial charge in [0.25, 0.3) is 5.56 Å². The predicted octanol–water partition coefficient (Wildman–Crippen LogP) is 5.29. The van der Waals surface area contributed by atoms with Crippen molar-refractivity contribution in [2.45, 2.75) is 13.5 Å². The largest absolute Gasteiger partial charge is 0.337 e. The van der Waals surface area contributed by atoms with E-state index in [4.69, 9.17) is 4.52 Å². The fourth-order valence-corrected chi connectivity index (χ4v) is 4.81. The van der Waals surface area contributed by atoms with Crippen molar-refractivity contribution in [3.8, 4) is 22.5 Å². The third-order valence-electron chi connectivity index (χ3n) is 4.77. The van der Waals surface area contributed by atoms with Crippen LogP contribution in [0.15, 0.2) is 74.7 Å². The van der Waals surface area contributed by atoms with Gasteiger partial charge < -0.3 is 4.52 Å². The number of thiophene rings is 1. The Labute approximate surface area is 184 Å². The molecular weight excluding hydrogens is 464 g/mol. The molecule has 0 aliphatic rings. The number of fused-ring (bicyclic) bond motifs is 1. The predicted molar refractivity (Wildman–Crippen MR) is 121 cm³/mol. The molecule has 5 rings (SSSR count). The first-order valence-corrected chi connectivity index (χ1v) is 10.8. The zero-order chi connectivity index (χ0) is 20.7. The highest BCUT2D eigenvalue weighted by Gasteiger charge is 2.18. The van der Waals surface area contributed by atoms with Gasteiger partial charge in [-0.25, -0.2) is 4.98 Å². The zero-order valence-electron chi connectivity index (χ0n) is 15.9. The van der Waals surface area contributed by atoms with Gasteiger partial charge in [-0.3, -0.25) is 9.36 Å². The van der Waals surface area contributed by atoms with E-state index in [-0.39, 0.29) is 12.1 Å². The highest BCUT2D eigenvalue weighted by molar-refractivity contribution is 9.10. The van der Waals surface area contributed by atoms with Crippen LogP contribution in [0.4, 0.5) is 0 Å². The molecule has 30 heavy (non-hydrogen) atoms. The Morgan fingerprint density at radius 2 is 1.90 bits per heavy atom. The molecule has 0 saturated carbocycles. The van der Waals surface area contributed by atoms with Crippen molar-refractivity contribution in [2.75, 3.05) is 0 Å². The molecule has 8 heteroatoms. The summed E-state index contributed by atoms with van der Waals surface area (Å²) in [6.45, 7) is 2.17. The van der Waals surface area contributed by atoms with Crippen molar-refractivity contribution in [1.82, 2.24) is 19.7 Å². The minimum Gasteiger partial charge on any atom is -0.337 e. The standard InChI is InChI=1S/C22H15BrN4O2S/c1-13-18(14-6-3-2-4-7-14)19-21(30-13)24-12-27(22(19)28)11-17-25-20(26-29-17)15-8-5-9-16(23)10-15/h2-10,12H,11H2,1H3. The van der Waals surface area contributed by atoms with Gasteiger partial charge in [0.15, 0.2) is 0 Å². The fourth-order valence-electron chi connectivity index (χ4n) is 3.41. The molecule has 3 heterocycles. The lowest BCUT2D eigenvalue weighted by Gasteiger charge is -2.04. The summed E-state index contributed by atoms with van der Waals surface area (Å²) in [7, 11) is 0. The van der Waals surface area contributed by atoms with Crippen molar-refractivity contribution in [2.24, 2.45) is 0 Å². The summed E-state index contributed by atoms with van der Waals surface area (Å²) in [4.78, 5) is 24.0. The van der Waals surface area contributed by atoms with Crippen LogP contribution in [-0.4, -0.2) is 19.7 Å². The lowest BCUT2D eigenvalue weighted by atomic mass is 10.0. The molecule has 0 unspecified atom stereocenters. The van der Waals surface area contributed by atoms with Crippen molar-refractivity contribution >= 4 is 37.5 Å². The first-order valence-electron chi connectivity index (χ1n) is 9.22. The second kappa shape index (κ2) is 7.62. The molecule has 3 aromatic heterocycles. The van der Waals surface area contributed by atoms with Crippen molar-refractivity contribution in [3.05, 3.63) is 86.5 Å². The normalized spacial score (nSPS) is 11.3. The smallest absolute Gasteiger partial charge is 0.263 e. The molecule has 0 amide bonds. The van der Waals surface area contributed by atoms with Gasteiger partial charge in [0.2, 0.25) is 11.7 Å². The third kappa shape index (κ3) is 3.38. The Bertz CT molecular complexity index is 1420. The summed E-state index contributed by atoms with van der Waals surface area (Å²) >= 11 is 4.97. The average molecular weight is 479 g/mol. The van der Waals surface area contributed by atoms with Crippen molar-refractivity contribution < 1.29 is 4.52 Å². The Morgan fingerprint density at radius 1 is 1.10 bits per heavy atom. The number of aryl methyl sites for hydroxylation is 1. The topological polar surface area (TPSA) is 73.8 Å². The van der Waals surface area contributed by atoms with Crippen molar-refractivity contribution in [3.63, 3.8) is 0 Å². The molecule has 0 atom stereocenters. The van der Waals surface area contributed by atoms with Gasteiger partial charge in [-0.1, -0.05) is 63.6 Å². The molecule has 2 aromatic carbocycles. The lowest BCUT2D eigenvalue weighted by molar-refractivity contribution is 0.369. The summed E-state index contributed by atoms with van der Waals surface area (Å²) in [5.74, 6) is 0.825. The Balaban J connectivity index is 1.55. The van der Waals surface area contributed by atoms with Gasteiger partial charge >= 0.3 is 0 Å². The number of hydrogen-bond acceptors (Lipinski definition) is 6. The Hall–Kier alpha value is -3.10. The van der Waals surface area contributed by atoms with E-state index in [2.05, 4.69) is 31.1 Å². The van der Waals surface area contributed by atoms with E-state index in [9.17, 15) is 4.79 Å². The number of halogens is 1. The van der Waals surface area contributed by atoms with E-state index in [0.717, 1.165) is 30.9 Å². The van der Waals surface area contributed by atoms with E-state index in [1.54, 1.807) is 6.33 Å². The molecular formula is C22H15BrN4O2S. The average Bonchev–Trinajstić information content (AvgIpc) is 3.35.